The van der Waals surface area contributed by atoms with Gasteiger partial charge in [-0.2, -0.15) is 0 Å². The molecule has 0 unspecified atom stereocenters. The van der Waals surface area contributed by atoms with Crippen LogP contribution in [0.1, 0.15) is 18.4 Å². The lowest BCUT2D eigenvalue weighted by molar-refractivity contribution is -0.120. The van der Waals surface area contributed by atoms with Crippen molar-refractivity contribution in [1.82, 2.24) is 5.32 Å². The predicted octanol–water partition coefficient (Wildman–Crippen LogP) is 3.28. The van der Waals surface area contributed by atoms with E-state index in [4.69, 9.17) is 0 Å². The number of hydrogen-bond donors (Lipinski definition) is 1. The van der Waals surface area contributed by atoms with E-state index in [1.165, 1.54) is 12.8 Å². The Hall–Kier alpha value is -0.350. The zero-order chi connectivity index (χ0) is 12.3. The lowest BCUT2D eigenvalue weighted by atomic mass is 10.1. The summed E-state index contributed by atoms with van der Waals surface area (Å²) in [6.45, 7) is 0.797. The van der Waals surface area contributed by atoms with Gasteiger partial charge in [0.1, 0.15) is 0 Å². The quantitative estimate of drug-likeness (QED) is 0.802. The molecular weight excluding hydrogens is 346 g/mol. The van der Waals surface area contributed by atoms with Gasteiger partial charge in [-0.3, -0.25) is 4.79 Å². The molecule has 1 amide bonds. The zero-order valence-electron chi connectivity index (χ0n) is 9.51. The number of nitrogens with one attached hydrogen (secondary N) is 1. The molecule has 1 aliphatic carbocycles. The number of rotatable bonds is 5. The van der Waals surface area contributed by atoms with Crippen LogP contribution in [0.25, 0.3) is 0 Å². The van der Waals surface area contributed by atoms with Crippen LogP contribution in [0.5, 0.6) is 0 Å². The van der Waals surface area contributed by atoms with Crippen LogP contribution in [0.15, 0.2) is 28.7 Å². The van der Waals surface area contributed by atoms with Crippen LogP contribution in [0.3, 0.4) is 0 Å². The Kier molecular flexibility index (Phi) is 4.26. The van der Waals surface area contributed by atoms with Gasteiger partial charge in [0.25, 0.3) is 0 Å². The van der Waals surface area contributed by atoms with Crippen molar-refractivity contribution in [2.45, 2.75) is 19.3 Å². The summed E-state index contributed by atoms with van der Waals surface area (Å²) < 4.78 is 1.02. The summed E-state index contributed by atoms with van der Waals surface area (Å²) in [5, 5.41) is 4.00. The SMILES string of the molecule is O=C(Cc1cccc(Br)c1)NCC1(CBr)CC1. The summed E-state index contributed by atoms with van der Waals surface area (Å²) in [5.74, 6) is 0.107. The third-order valence-electron chi connectivity index (χ3n) is 3.15. The highest BCUT2D eigenvalue weighted by atomic mass is 79.9. The van der Waals surface area contributed by atoms with E-state index in [9.17, 15) is 4.79 Å². The Labute approximate surface area is 118 Å². The average molecular weight is 361 g/mol. The van der Waals surface area contributed by atoms with Crippen molar-refractivity contribution in [3.8, 4) is 0 Å². The van der Waals surface area contributed by atoms with Crippen molar-refractivity contribution in [2.24, 2.45) is 5.41 Å². The third-order valence-corrected chi connectivity index (χ3v) is 4.84. The largest absolute Gasteiger partial charge is 0.355 e. The lowest BCUT2D eigenvalue weighted by Gasteiger charge is -2.12. The smallest absolute Gasteiger partial charge is 0.224 e. The van der Waals surface area contributed by atoms with Crippen LogP contribution >= 0.6 is 31.9 Å². The molecular formula is C13H15Br2NO. The molecule has 0 aliphatic heterocycles. The highest BCUT2D eigenvalue weighted by Gasteiger charge is 2.41. The first kappa shape index (κ1) is 13.1. The second-order valence-electron chi connectivity index (χ2n) is 4.72. The fourth-order valence-corrected chi connectivity index (χ4v) is 2.92. The summed E-state index contributed by atoms with van der Waals surface area (Å²) in [6.07, 6.45) is 2.89. The minimum Gasteiger partial charge on any atom is -0.355 e. The maximum atomic E-state index is 11.8. The third kappa shape index (κ3) is 3.81. The van der Waals surface area contributed by atoms with Gasteiger partial charge in [0.2, 0.25) is 5.91 Å². The van der Waals surface area contributed by atoms with Gasteiger partial charge < -0.3 is 5.32 Å². The highest BCUT2D eigenvalue weighted by molar-refractivity contribution is 9.10. The van der Waals surface area contributed by atoms with Gasteiger partial charge in [-0.15, -0.1) is 0 Å². The van der Waals surface area contributed by atoms with Gasteiger partial charge in [0, 0.05) is 16.3 Å². The van der Waals surface area contributed by atoms with Crippen LogP contribution < -0.4 is 5.32 Å². The van der Waals surface area contributed by atoms with Gasteiger partial charge in [-0.05, 0) is 36.0 Å². The second-order valence-corrected chi connectivity index (χ2v) is 6.19. The molecule has 17 heavy (non-hydrogen) atoms. The number of carbonyl (C=O) groups excluding carboxylic acids is 1. The Morgan fingerprint density at radius 1 is 1.41 bits per heavy atom. The molecule has 1 aromatic carbocycles. The maximum absolute atomic E-state index is 11.8. The van der Waals surface area contributed by atoms with E-state index < -0.39 is 0 Å². The fourth-order valence-electron chi connectivity index (χ4n) is 1.72. The van der Waals surface area contributed by atoms with Crippen LogP contribution in [0.2, 0.25) is 0 Å². The normalized spacial score (nSPS) is 16.6. The first-order chi connectivity index (χ1) is 8.13. The summed E-state index contributed by atoms with van der Waals surface area (Å²) in [7, 11) is 0. The molecule has 1 N–H and O–H groups in total. The van der Waals surface area contributed by atoms with Gasteiger partial charge in [-0.25, -0.2) is 0 Å². The predicted molar refractivity (Wildman–Crippen MR) is 76.3 cm³/mol. The molecule has 1 aliphatic rings. The first-order valence-electron chi connectivity index (χ1n) is 5.71. The lowest BCUT2D eigenvalue weighted by Crippen LogP contribution is -2.32. The molecule has 92 valence electrons. The van der Waals surface area contributed by atoms with Crippen molar-refractivity contribution in [3.63, 3.8) is 0 Å². The minimum atomic E-state index is 0.107. The van der Waals surface area contributed by atoms with Crippen molar-refractivity contribution < 1.29 is 4.79 Å². The van der Waals surface area contributed by atoms with Crippen LogP contribution in [0.4, 0.5) is 0 Å². The van der Waals surface area contributed by atoms with Crippen molar-refractivity contribution >= 4 is 37.8 Å². The second kappa shape index (κ2) is 5.53. The molecule has 1 fully saturated rings. The van der Waals surface area contributed by atoms with Crippen LogP contribution in [-0.2, 0) is 11.2 Å². The summed E-state index contributed by atoms with van der Waals surface area (Å²) in [6, 6.07) is 7.87. The molecule has 2 nitrogen and oxygen atoms in total. The van der Waals surface area contributed by atoms with E-state index >= 15 is 0 Å². The molecule has 0 atom stereocenters. The van der Waals surface area contributed by atoms with E-state index in [0.29, 0.717) is 11.8 Å². The monoisotopic (exact) mass is 359 g/mol. The molecule has 2 rings (SSSR count). The summed E-state index contributed by atoms with van der Waals surface area (Å²) in [5.41, 5.74) is 1.38. The van der Waals surface area contributed by atoms with E-state index in [-0.39, 0.29) is 5.91 Å². The van der Waals surface area contributed by atoms with E-state index in [0.717, 1.165) is 21.9 Å². The number of hydrogen-bond acceptors (Lipinski definition) is 1. The van der Waals surface area contributed by atoms with Crippen molar-refractivity contribution in [1.29, 1.82) is 0 Å². The van der Waals surface area contributed by atoms with Gasteiger partial charge >= 0.3 is 0 Å². The van der Waals surface area contributed by atoms with E-state index in [1.54, 1.807) is 0 Å². The number of benzene rings is 1. The Balaban J connectivity index is 1.81. The van der Waals surface area contributed by atoms with Crippen LogP contribution in [0, 0.1) is 5.41 Å². The zero-order valence-corrected chi connectivity index (χ0v) is 12.7. The topological polar surface area (TPSA) is 29.1 Å². The van der Waals surface area contributed by atoms with Gasteiger partial charge in [0.15, 0.2) is 0 Å². The summed E-state index contributed by atoms with van der Waals surface area (Å²) in [4.78, 5) is 11.8. The Bertz CT molecular complexity index is 416. The maximum Gasteiger partial charge on any atom is 0.224 e. The molecule has 0 aromatic heterocycles. The van der Waals surface area contributed by atoms with Crippen molar-refractivity contribution in [3.05, 3.63) is 34.3 Å². The van der Waals surface area contributed by atoms with Gasteiger partial charge in [0.05, 0.1) is 6.42 Å². The highest BCUT2D eigenvalue weighted by Crippen LogP contribution is 2.46. The standard InChI is InChI=1S/C13H15Br2NO/c14-8-13(4-5-13)9-16-12(17)7-10-2-1-3-11(15)6-10/h1-3,6H,4-5,7-9H2,(H,16,17). The summed E-state index contributed by atoms with van der Waals surface area (Å²) >= 11 is 6.91. The fraction of sp³-hybridized carbons (Fsp3) is 0.462. The first-order valence-corrected chi connectivity index (χ1v) is 7.62. The number of alkyl halides is 1. The molecule has 1 aromatic rings. The minimum absolute atomic E-state index is 0.107. The molecule has 0 heterocycles. The molecule has 0 spiro atoms. The average Bonchev–Trinajstić information content (AvgIpc) is 3.07. The molecule has 4 heteroatoms. The van der Waals surface area contributed by atoms with Crippen molar-refractivity contribution in [2.75, 3.05) is 11.9 Å². The number of carbonyl (C=O) groups is 1. The number of halogens is 2. The van der Waals surface area contributed by atoms with E-state index in [2.05, 4.69) is 37.2 Å². The molecule has 1 saturated carbocycles. The van der Waals surface area contributed by atoms with Crippen LogP contribution in [-0.4, -0.2) is 17.8 Å². The Morgan fingerprint density at radius 3 is 2.76 bits per heavy atom. The molecule has 0 bridgehead atoms. The van der Waals surface area contributed by atoms with Gasteiger partial charge in [-0.1, -0.05) is 44.0 Å². The number of amides is 1. The Morgan fingerprint density at radius 2 is 2.18 bits per heavy atom. The van der Waals surface area contributed by atoms with E-state index in [1.807, 2.05) is 24.3 Å². The molecule has 0 radical (unpaired) electrons. The molecule has 0 saturated heterocycles.